The molecule has 1 aliphatic rings. The van der Waals surface area contributed by atoms with Crippen LogP contribution in [0.3, 0.4) is 0 Å². The largest absolute Gasteiger partial charge is 0.466 e. The molecule has 0 bridgehead atoms. The maximum Gasteiger partial charge on any atom is 0.310 e. The number of aromatic nitrogens is 1. The molecule has 3 rings (SSSR count). The van der Waals surface area contributed by atoms with E-state index in [1.807, 2.05) is 5.38 Å². The van der Waals surface area contributed by atoms with Gasteiger partial charge in [0.05, 0.1) is 24.6 Å². The number of amides is 1. The minimum absolute atomic E-state index is 0.0324. The smallest absolute Gasteiger partial charge is 0.310 e. The van der Waals surface area contributed by atoms with Gasteiger partial charge < -0.3 is 9.64 Å². The summed E-state index contributed by atoms with van der Waals surface area (Å²) in [6.07, 6.45) is 1.76. The highest BCUT2D eigenvalue weighted by Crippen LogP contribution is 2.25. The number of benzene rings is 1. The standard InChI is InChI=1S/C19H21FN2O3S/c1-2-25-19(24)14-4-3-9-22(11-14)17(23)10-16-12-26-18(21-16)13-5-7-15(20)8-6-13/h5-8,12,14H,2-4,9-11H2,1H3/t14-/m1/s1. The number of esters is 1. The maximum absolute atomic E-state index is 13.0. The molecule has 1 amide bonds. The number of carbonyl (C=O) groups is 2. The topological polar surface area (TPSA) is 59.5 Å². The van der Waals surface area contributed by atoms with Crippen LogP contribution in [-0.2, 0) is 20.7 Å². The van der Waals surface area contributed by atoms with Crippen LogP contribution in [0.4, 0.5) is 4.39 Å². The van der Waals surface area contributed by atoms with E-state index in [4.69, 9.17) is 4.74 Å². The molecule has 0 radical (unpaired) electrons. The first kappa shape index (κ1) is 18.5. The van der Waals surface area contributed by atoms with Crippen LogP contribution < -0.4 is 0 Å². The molecule has 0 saturated carbocycles. The highest BCUT2D eigenvalue weighted by molar-refractivity contribution is 7.13. The number of halogens is 1. The van der Waals surface area contributed by atoms with E-state index in [2.05, 4.69) is 4.98 Å². The number of carbonyl (C=O) groups excluding carboxylic acids is 2. The number of piperidine rings is 1. The highest BCUT2D eigenvalue weighted by atomic mass is 32.1. The van der Waals surface area contributed by atoms with Gasteiger partial charge in [-0.2, -0.15) is 0 Å². The third-order valence-electron chi connectivity index (χ3n) is 4.37. The van der Waals surface area contributed by atoms with Gasteiger partial charge in [-0.15, -0.1) is 11.3 Å². The molecule has 1 saturated heterocycles. The molecule has 0 unspecified atom stereocenters. The van der Waals surface area contributed by atoms with Crippen molar-refractivity contribution >= 4 is 23.2 Å². The number of thiazole rings is 1. The summed E-state index contributed by atoms with van der Waals surface area (Å²) in [5.41, 5.74) is 1.52. The zero-order chi connectivity index (χ0) is 18.5. The van der Waals surface area contributed by atoms with E-state index in [1.165, 1.54) is 23.5 Å². The number of hydrogen-bond acceptors (Lipinski definition) is 5. The summed E-state index contributed by atoms with van der Waals surface area (Å²) in [6, 6.07) is 6.14. The Hall–Kier alpha value is -2.28. The van der Waals surface area contributed by atoms with Crippen molar-refractivity contribution in [3.63, 3.8) is 0 Å². The van der Waals surface area contributed by atoms with Gasteiger partial charge in [-0.25, -0.2) is 9.37 Å². The first-order valence-electron chi connectivity index (χ1n) is 8.71. The molecule has 7 heteroatoms. The fourth-order valence-electron chi connectivity index (χ4n) is 3.04. The molecule has 2 heterocycles. The summed E-state index contributed by atoms with van der Waals surface area (Å²) in [7, 11) is 0. The molecule has 0 N–H and O–H groups in total. The summed E-state index contributed by atoms with van der Waals surface area (Å²) in [5.74, 6) is -0.785. The van der Waals surface area contributed by atoms with Crippen molar-refractivity contribution in [1.29, 1.82) is 0 Å². The molecule has 0 aliphatic carbocycles. The van der Waals surface area contributed by atoms with Gasteiger partial charge >= 0.3 is 5.97 Å². The van der Waals surface area contributed by atoms with E-state index in [1.54, 1.807) is 24.0 Å². The maximum atomic E-state index is 13.0. The van der Waals surface area contributed by atoms with Crippen molar-refractivity contribution in [3.05, 3.63) is 41.2 Å². The van der Waals surface area contributed by atoms with E-state index >= 15 is 0 Å². The lowest BCUT2D eigenvalue weighted by Crippen LogP contribution is -2.43. The Bertz CT molecular complexity index is 775. The van der Waals surface area contributed by atoms with E-state index in [0.717, 1.165) is 23.4 Å². The SMILES string of the molecule is CCOC(=O)[C@@H]1CCCN(C(=O)Cc2csc(-c3ccc(F)cc3)n2)C1. The fraction of sp³-hybridized carbons (Fsp3) is 0.421. The van der Waals surface area contributed by atoms with Crippen LogP contribution in [0.25, 0.3) is 10.6 Å². The van der Waals surface area contributed by atoms with Crippen LogP contribution in [0.2, 0.25) is 0 Å². The summed E-state index contributed by atoms with van der Waals surface area (Å²) in [6.45, 7) is 3.20. The first-order chi connectivity index (χ1) is 12.6. The van der Waals surface area contributed by atoms with Crippen molar-refractivity contribution in [3.8, 4) is 10.6 Å². The molecule has 1 aliphatic heterocycles. The quantitative estimate of drug-likeness (QED) is 0.752. The van der Waals surface area contributed by atoms with Gasteiger partial charge in [-0.1, -0.05) is 0 Å². The Morgan fingerprint density at radius 3 is 2.85 bits per heavy atom. The molecule has 2 aromatic rings. The molecular weight excluding hydrogens is 355 g/mol. The lowest BCUT2D eigenvalue weighted by molar-refractivity contribution is -0.151. The van der Waals surface area contributed by atoms with Gasteiger partial charge in [0.1, 0.15) is 10.8 Å². The second-order valence-corrected chi connectivity index (χ2v) is 7.12. The minimum Gasteiger partial charge on any atom is -0.466 e. The number of likely N-dealkylation sites (tertiary alicyclic amines) is 1. The van der Waals surface area contributed by atoms with Crippen molar-refractivity contribution in [2.24, 2.45) is 5.92 Å². The summed E-state index contributed by atoms with van der Waals surface area (Å²) in [5, 5.41) is 2.61. The Labute approximate surface area is 155 Å². The zero-order valence-electron chi connectivity index (χ0n) is 14.6. The van der Waals surface area contributed by atoms with Crippen LogP contribution in [0.1, 0.15) is 25.5 Å². The molecule has 1 fully saturated rings. The number of ether oxygens (including phenoxy) is 1. The predicted octanol–water partition coefficient (Wildman–Crippen LogP) is 3.29. The number of hydrogen-bond donors (Lipinski definition) is 0. The van der Waals surface area contributed by atoms with Gasteiger partial charge in [0.15, 0.2) is 0 Å². The molecule has 138 valence electrons. The van der Waals surface area contributed by atoms with E-state index in [9.17, 15) is 14.0 Å². The normalized spacial score (nSPS) is 17.2. The molecule has 0 spiro atoms. The Morgan fingerprint density at radius 1 is 1.35 bits per heavy atom. The Morgan fingerprint density at radius 2 is 2.12 bits per heavy atom. The van der Waals surface area contributed by atoms with Gasteiger partial charge in [0.25, 0.3) is 0 Å². The molecule has 1 aromatic heterocycles. The van der Waals surface area contributed by atoms with Crippen LogP contribution in [0.5, 0.6) is 0 Å². The van der Waals surface area contributed by atoms with Gasteiger partial charge in [0, 0.05) is 24.0 Å². The van der Waals surface area contributed by atoms with Crippen LogP contribution in [-0.4, -0.2) is 41.5 Å². The van der Waals surface area contributed by atoms with Crippen molar-refractivity contribution in [2.45, 2.75) is 26.2 Å². The third-order valence-corrected chi connectivity index (χ3v) is 5.31. The van der Waals surface area contributed by atoms with E-state index in [-0.39, 0.29) is 30.0 Å². The molecule has 26 heavy (non-hydrogen) atoms. The minimum atomic E-state index is -0.290. The number of nitrogens with zero attached hydrogens (tertiary/aromatic N) is 2. The molecular formula is C19H21FN2O3S. The molecule has 1 atom stereocenters. The zero-order valence-corrected chi connectivity index (χ0v) is 15.4. The van der Waals surface area contributed by atoms with Crippen molar-refractivity contribution < 1.29 is 18.7 Å². The summed E-state index contributed by atoms with van der Waals surface area (Å²) in [4.78, 5) is 30.7. The Balaban J connectivity index is 1.61. The van der Waals surface area contributed by atoms with Gasteiger partial charge in [-0.05, 0) is 44.0 Å². The fourth-order valence-corrected chi connectivity index (χ4v) is 3.86. The summed E-state index contributed by atoms with van der Waals surface area (Å²) < 4.78 is 18.1. The third kappa shape index (κ3) is 4.46. The average molecular weight is 376 g/mol. The van der Waals surface area contributed by atoms with E-state index in [0.29, 0.717) is 25.4 Å². The van der Waals surface area contributed by atoms with Gasteiger partial charge in [-0.3, -0.25) is 9.59 Å². The van der Waals surface area contributed by atoms with Crippen LogP contribution in [0, 0.1) is 11.7 Å². The lowest BCUT2D eigenvalue weighted by Gasteiger charge is -2.31. The highest BCUT2D eigenvalue weighted by Gasteiger charge is 2.29. The molecule has 5 nitrogen and oxygen atoms in total. The summed E-state index contributed by atoms with van der Waals surface area (Å²) >= 11 is 1.43. The average Bonchev–Trinajstić information content (AvgIpc) is 3.11. The van der Waals surface area contributed by atoms with E-state index < -0.39 is 0 Å². The monoisotopic (exact) mass is 376 g/mol. The lowest BCUT2D eigenvalue weighted by atomic mass is 9.98. The second kappa shape index (κ2) is 8.40. The molecule has 1 aromatic carbocycles. The van der Waals surface area contributed by atoms with Crippen molar-refractivity contribution in [2.75, 3.05) is 19.7 Å². The van der Waals surface area contributed by atoms with Gasteiger partial charge in [0.2, 0.25) is 5.91 Å². The van der Waals surface area contributed by atoms with Crippen LogP contribution in [0.15, 0.2) is 29.6 Å². The predicted molar refractivity (Wildman–Crippen MR) is 97.1 cm³/mol. The van der Waals surface area contributed by atoms with Crippen LogP contribution >= 0.6 is 11.3 Å². The second-order valence-electron chi connectivity index (χ2n) is 6.26. The number of rotatable bonds is 5. The Kier molecular flexibility index (Phi) is 5.98. The van der Waals surface area contributed by atoms with Crippen molar-refractivity contribution in [1.82, 2.24) is 9.88 Å². The first-order valence-corrected chi connectivity index (χ1v) is 9.59.